The molecule has 3 rings (SSSR count). The molecule has 140 valence electrons. The van der Waals surface area contributed by atoms with Gasteiger partial charge in [0.05, 0.1) is 11.4 Å². The molecule has 1 heterocycles. The molecule has 0 bridgehead atoms. The van der Waals surface area contributed by atoms with Crippen LogP contribution in [0.15, 0.2) is 53.7 Å². The van der Waals surface area contributed by atoms with Crippen LogP contribution in [0, 0.1) is 5.82 Å². The summed E-state index contributed by atoms with van der Waals surface area (Å²) in [5.41, 5.74) is 2.18. The van der Waals surface area contributed by atoms with Gasteiger partial charge in [0.2, 0.25) is 5.91 Å². The smallest absolute Gasteiger partial charge is 0.234 e. The van der Waals surface area contributed by atoms with E-state index >= 15 is 0 Å². The minimum atomic E-state index is -0.461. The molecule has 0 radical (unpaired) electrons. The van der Waals surface area contributed by atoms with Gasteiger partial charge in [-0.05, 0) is 24.3 Å². The number of nitrogens with zero attached hydrogens (tertiary/aromatic N) is 4. The van der Waals surface area contributed by atoms with Gasteiger partial charge >= 0.3 is 0 Å². The molecule has 27 heavy (non-hydrogen) atoms. The van der Waals surface area contributed by atoms with Gasteiger partial charge in [-0.3, -0.25) is 4.79 Å². The van der Waals surface area contributed by atoms with Gasteiger partial charge in [0.1, 0.15) is 5.82 Å². The molecule has 2 aromatic carbocycles. The number of hydrogen-bond acceptors (Lipinski definition) is 5. The van der Waals surface area contributed by atoms with Crippen LogP contribution in [0.1, 0.15) is 0 Å². The summed E-state index contributed by atoms with van der Waals surface area (Å²) < 4.78 is 15.4. The Kier molecular flexibility index (Phi) is 5.75. The SMILES string of the molecule is CN(C)c1cccc(-c2nnc(SCC(=O)Nc3ccccc3F)n2C)c1. The van der Waals surface area contributed by atoms with Crippen LogP contribution in [0.25, 0.3) is 11.4 Å². The van der Waals surface area contributed by atoms with Crippen molar-refractivity contribution in [2.45, 2.75) is 5.16 Å². The standard InChI is InChI=1S/C19H20FN5OS/c1-24(2)14-8-6-7-13(11-14)18-22-23-19(25(18)3)27-12-17(26)21-16-10-5-4-9-15(16)20/h4-11H,12H2,1-3H3,(H,21,26). The highest BCUT2D eigenvalue weighted by Gasteiger charge is 2.14. The number of carbonyl (C=O) groups excluding carboxylic acids is 1. The summed E-state index contributed by atoms with van der Waals surface area (Å²) in [6, 6.07) is 14.1. The lowest BCUT2D eigenvalue weighted by atomic mass is 10.2. The van der Waals surface area contributed by atoms with Gasteiger partial charge in [-0.25, -0.2) is 4.39 Å². The first-order valence-corrected chi connectivity index (χ1v) is 9.28. The molecule has 0 aliphatic rings. The summed E-state index contributed by atoms with van der Waals surface area (Å²) in [6.45, 7) is 0. The van der Waals surface area contributed by atoms with Crippen molar-refractivity contribution in [3.63, 3.8) is 0 Å². The normalized spacial score (nSPS) is 10.7. The maximum atomic E-state index is 13.6. The molecule has 6 nitrogen and oxygen atoms in total. The van der Waals surface area contributed by atoms with E-state index in [1.807, 2.05) is 54.9 Å². The molecule has 1 amide bonds. The van der Waals surface area contributed by atoms with E-state index in [9.17, 15) is 9.18 Å². The maximum Gasteiger partial charge on any atom is 0.234 e. The summed E-state index contributed by atoms with van der Waals surface area (Å²) >= 11 is 1.25. The highest BCUT2D eigenvalue weighted by molar-refractivity contribution is 7.99. The average molecular weight is 385 g/mol. The third-order valence-corrected chi connectivity index (χ3v) is 4.96. The van der Waals surface area contributed by atoms with Crippen molar-refractivity contribution >= 4 is 29.0 Å². The second-order valence-corrected chi connectivity index (χ2v) is 7.07. The minimum absolute atomic E-state index is 0.109. The van der Waals surface area contributed by atoms with Crippen LogP contribution < -0.4 is 10.2 Å². The molecule has 8 heteroatoms. The molecule has 0 fully saturated rings. The van der Waals surface area contributed by atoms with Crippen molar-refractivity contribution in [2.75, 3.05) is 30.1 Å². The Morgan fingerprint density at radius 2 is 1.96 bits per heavy atom. The Bertz CT molecular complexity index is 957. The molecule has 0 aliphatic heterocycles. The molecule has 0 unspecified atom stereocenters. The zero-order chi connectivity index (χ0) is 19.4. The summed E-state index contributed by atoms with van der Waals surface area (Å²) in [6.07, 6.45) is 0. The number of thioether (sulfide) groups is 1. The van der Waals surface area contributed by atoms with Crippen LogP contribution in [0.4, 0.5) is 15.8 Å². The molecule has 0 saturated heterocycles. The predicted octanol–water partition coefficient (Wildman–Crippen LogP) is 3.42. The van der Waals surface area contributed by atoms with Crippen LogP contribution in [0.2, 0.25) is 0 Å². The van der Waals surface area contributed by atoms with Crippen molar-refractivity contribution in [3.05, 3.63) is 54.3 Å². The Hall–Kier alpha value is -2.87. The van der Waals surface area contributed by atoms with E-state index < -0.39 is 5.82 Å². The Labute approximate surface area is 161 Å². The molecule has 3 aromatic rings. The van der Waals surface area contributed by atoms with E-state index in [1.165, 1.54) is 23.9 Å². The number of para-hydroxylation sites is 1. The largest absolute Gasteiger partial charge is 0.378 e. The summed E-state index contributed by atoms with van der Waals surface area (Å²) in [7, 11) is 5.81. The third-order valence-electron chi connectivity index (χ3n) is 3.94. The van der Waals surface area contributed by atoms with Crippen LogP contribution in [0.5, 0.6) is 0 Å². The number of amides is 1. The molecular weight excluding hydrogens is 365 g/mol. The van der Waals surface area contributed by atoms with Crippen LogP contribution in [0.3, 0.4) is 0 Å². The van der Waals surface area contributed by atoms with Crippen molar-refractivity contribution in [3.8, 4) is 11.4 Å². The number of benzene rings is 2. The van der Waals surface area contributed by atoms with E-state index in [2.05, 4.69) is 15.5 Å². The molecule has 1 aromatic heterocycles. The fraction of sp³-hybridized carbons (Fsp3) is 0.211. The first-order valence-electron chi connectivity index (χ1n) is 8.30. The lowest BCUT2D eigenvalue weighted by Gasteiger charge is -2.13. The molecule has 1 N–H and O–H groups in total. The Morgan fingerprint density at radius 1 is 1.19 bits per heavy atom. The van der Waals surface area contributed by atoms with Gasteiger partial charge in [0, 0.05) is 32.4 Å². The highest BCUT2D eigenvalue weighted by atomic mass is 32.2. The van der Waals surface area contributed by atoms with E-state index in [1.54, 1.807) is 12.1 Å². The topological polar surface area (TPSA) is 63.1 Å². The second-order valence-electron chi connectivity index (χ2n) is 6.13. The summed E-state index contributed by atoms with van der Waals surface area (Å²) in [5, 5.41) is 11.6. The average Bonchev–Trinajstić information content (AvgIpc) is 3.02. The van der Waals surface area contributed by atoms with E-state index in [4.69, 9.17) is 0 Å². The molecule has 0 spiro atoms. The number of aromatic nitrogens is 3. The van der Waals surface area contributed by atoms with E-state index in [-0.39, 0.29) is 17.3 Å². The maximum absolute atomic E-state index is 13.6. The number of halogens is 1. The quantitative estimate of drug-likeness (QED) is 0.659. The summed E-state index contributed by atoms with van der Waals surface area (Å²) in [5.74, 6) is 0.0652. The van der Waals surface area contributed by atoms with Crippen molar-refractivity contribution in [2.24, 2.45) is 7.05 Å². The number of carbonyl (C=O) groups is 1. The molecule has 0 aliphatic carbocycles. The molecular formula is C19H20FN5OS. The first-order chi connectivity index (χ1) is 13.0. The van der Waals surface area contributed by atoms with Gasteiger partial charge in [-0.1, -0.05) is 36.0 Å². The van der Waals surface area contributed by atoms with Crippen LogP contribution >= 0.6 is 11.8 Å². The highest BCUT2D eigenvalue weighted by Crippen LogP contribution is 2.25. The first kappa shape index (κ1) is 18.9. The van der Waals surface area contributed by atoms with E-state index in [0.29, 0.717) is 5.16 Å². The fourth-order valence-corrected chi connectivity index (χ4v) is 3.21. The van der Waals surface area contributed by atoms with Gasteiger partial charge < -0.3 is 14.8 Å². The van der Waals surface area contributed by atoms with Gasteiger partial charge in [-0.15, -0.1) is 10.2 Å². The zero-order valence-corrected chi connectivity index (χ0v) is 16.1. The van der Waals surface area contributed by atoms with Crippen LogP contribution in [-0.2, 0) is 11.8 Å². The van der Waals surface area contributed by atoms with Crippen molar-refractivity contribution in [1.82, 2.24) is 14.8 Å². The van der Waals surface area contributed by atoms with Gasteiger partial charge in [-0.2, -0.15) is 0 Å². The zero-order valence-electron chi connectivity index (χ0n) is 15.3. The Morgan fingerprint density at radius 3 is 2.70 bits per heavy atom. The minimum Gasteiger partial charge on any atom is -0.378 e. The van der Waals surface area contributed by atoms with Crippen molar-refractivity contribution in [1.29, 1.82) is 0 Å². The Balaban J connectivity index is 1.68. The fourth-order valence-electron chi connectivity index (χ4n) is 2.49. The predicted molar refractivity (Wildman–Crippen MR) is 107 cm³/mol. The number of nitrogens with one attached hydrogen (secondary N) is 1. The van der Waals surface area contributed by atoms with E-state index in [0.717, 1.165) is 17.1 Å². The molecule has 0 atom stereocenters. The lowest BCUT2D eigenvalue weighted by Crippen LogP contribution is -2.15. The van der Waals surface area contributed by atoms with Crippen LogP contribution in [-0.4, -0.2) is 40.5 Å². The number of anilines is 2. The number of hydrogen-bond donors (Lipinski definition) is 1. The monoisotopic (exact) mass is 385 g/mol. The van der Waals surface area contributed by atoms with Gasteiger partial charge in [0.15, 0.2) is 11.0 Å². The second kappa shape index (κ2) is 8.22. The molecule has 0 saturated carbocycles. The number of rotatable bonds is 6. The van der Waals surface area contributed by atoms with Crippen molar-refractivity contribution < 1.29 is 9.18 Å². The summed E-state index contributed by atoms with van der Waals surface area (Å²) in [4.78, 5) is 14.1. The van der Waals surface area contributed by atoms with Gasteiger partial charge in [0.25, 0.3) is 0 Å². The third kappa shape index (κ3) is 4.46. The lowest BCUT2D eigenvalue weighted by molar-refractivity contribution is -0.113.